The normalized spacial score (nSPS) is 11.6. The first kappa shape index (κ1) is 11.2. The lowest BCUT2D eigenvalue weighted by atomic mass is 10.2. The van der Waals surface area contributed by atoms with Gasteiger partial charge in [0.2, 0.25) is 0 Å². The quantitative estimate of drug-likeness (QED) is 0.823. The summed E-state index contributed by atoms with van der Waals surface area (Å²) < 4.78 is 24.8. The molecule has 0 N–H and O–H groups in total. The zero-order valence-corrected chi connectivity index (χ0v) is 9.96. The second-order valence-electron chi connectivity index (χ2n) is 3.24. The monoisotopic (exact) mass is 255 g/mol. The van der Waals surface area contributed by atoms with Crippen molar-refractivity contribution in [2.24, 2.45) is 0 Å². The molecule has 6 heteroatoms. The zero-order chi connectivity index (χ0) is 11.8. The average Bonchev–Trinajstić information content (AvgIpc) is 2.66. The second kappa shape index (κ2) is 3.92. The van der Waals surface area contributed by atoms with Crippen LogP contribution >= 0.6 is 11.6 Å². The third kappa shape index (κ3) is 1.83. The van der Waals surface area contributed by atoms with E-state index in [0.717, 1.165) is 9.65 Å². The van der Waals surface area contributed by atoms with Gasteiger partial charge in [0, 0.05) is 6.07 Å². The summed E-state index contributed by atoms with van der Waals surface area (Å²) in [5.41, 5.74) is 0.983. The van der Waals surface area contributed by atoms with Crippen LogP contribution < -0.4 is 0 Å². The highest BCUT2D eigenvalue weighted by atomic mass is 35.5. The first-order valence-electron chi connectivity index (χ1n) is 4.45. The molecule has 1 heterocycles. The minimum atomic E-state index is -3.70. The molecule has 4 nitrogen and oxygen atoms in total. The number of rotatable bonds is 2. The van der Waals surface area contributed by atoms with E-state index in [1.54, 1.807) is 12.1 Å². The van der Waals surface area contributed by atoms with Crippen molar-refractivity contribution in [3.8, 4) is 0 Å². The summed E-state index contributed by atoms with van der Waals surface area (Å²) in [5, 5.41) is 3.57. The molecule has 2 aromatic rings. The summed E-state index contributed by atoms with van der Waals surface area (Å²) >= 11 is 5.67. The predicted molar refractivity (Wildman–Crippen MR) is 59.8 cm³/mol. The van der Waals surface area contributed by atoms with Crippen LogP contribution in [-0.2, 0) is 10.0 Å². The molecule has 0 saturated heterocycles. The first-order chi connectivity index (χ1) is 7.51. The number of hydrogen-bond donors (Lipinski definition) is 0. The molecular weight excluding hydrogens is 248 g/mol. The molecule has 0 fully saturated rings. The van der Waals surface area contributed by atoms with Crippen molar-refractivity contribution in [2.45, 2.75) is 11.8 Å². The van der Waals surface area contributed by atoms with Crippen molar-refractivity contribution in [3.63, 3.8) is 0 Å². The molecule has 1 aromatic heterocycles. The Bertz CT molecular complexity index is 602. The van der Waals surface area contributed by atoms with Crippen LogP contribution in [-0.4, -0.2) is 17.6 Å². The molecule has 0 unspecified atom stereocenters. The Morgan fingerprint density at radius 2 is 1.94 bits per heavy atom. The standard InChI is InChI=1S/C10H8ClN2O2S/c1-8-2-4-9(5-3-8)16(14,15)13-10(11)6-7-12-13/h2-5,7H,1H3. The van der Waals surface area contributed by atoms with Gasteiger partial charge in [-0.2, -0.15) is 13.5 Å². The molecule has 0 bridgehead atoms. The van der Waals surface area contributed by atoms with Crippen LogP contribution in [0.15, 0.2) is 35.4 Å². The SMILES string of the molecule is Cc1ccc(S(=O)(=O)n2nc[c]c2Cl)cc1. The Kier molecular flexibility index (Phi) is 2.73. The maximum Gasteiger partial charge on any atom is 0.284 e. The minimum absolute atomic E-state index is 0.0550. The number of nitrogens with zero attached hydrogens (tertiary/aromatic N) is 2. The first-order valence-corrected chi connectivity index (χ1v) is 6.27. The van der Waals surface area contributed by atoms with Gasteiger partial charge in [0.1, 0.15) is 0 Å². The van der Waals surface area contributed by atoms with Crippen molar-refractivity contribution < 1.29 is 8.42 Å². The van der Waals surface area contributed by atoms with E-state index in [4.69, 9.17) is 11.6 Å². The summed E-state index contributed by atoms with van der Waals surface area (Å²) in [6, 6.07) is 8.96. The molecule has 0 aliphatic carbocycles. The average molecular weight is 256 g/mol. The Morgan fingerprint density at radius 1 is 1.31 bits per heavy atom. The summed E-state index contributed by atoms with van der Waals surface area (Å²) in [4.78, 5) is 0.150. The van der Waals surface area contributed by atoms with E-state index in [2.05, 4.69) is 11.2 Å². The van der Waals surface area contributed by atoms with Gasteiger partial charge in [-0.15, -0.1) is 4.09 Å². The van der Waals surface area contributed by atoms with Gasteiger partial charge >= 0.3 is 0 Å². The Labute approximate surface area is 98.5 Å². The van der Waals surface area contributed by atoms with E-state index < -0.39 is 10.0 Å². The van der Waals surface area contributed by atoms with Crippen molar-refractivity contribution in [3.05, 3.63) is 47.2 Å². The van der Waals surface area contributed by atoms with E-state index in [1.807, 2.05) is 6.92 Å². The van der Waals surface area contributed by atoms with Crippen LogP contribution in [0.3, 0.4) is 0 Å². The third-order valence-corrected chi connectivity index (χ3v) is 4.03. The Hall–Kier alpha value is -1.33. The van der Waals surface area contributed by atoms with Gasteiger partial charge in [0.25, 0.3) is 10.0 Å². The van der Waals surface area contributed by atoms with Crippen molar-refractivity contribution >= 4 is 21.6 Å². The van der Waals surface area contributed by atoms with Gasteiger partial charge in [0.15, 0.2) is 5.15 Å². The minimum Gasteiger partial charge on any atom is -0.199 e. The molecule has 0 aliphatic rings. The smallest absolute Gasteiger partial charge is 0.199 e. The van der Waals surface area contributed by atoms with Crippen molar-refractivity contribution in [1.29, 1.82) is 0 Å². The zero-order valence-electron chi connectivity index (χ0n) is 8.38. The lowest BCUT2D eigenvalue weighted by Crippen LogP contribution is -2.14. The number of aromatic nitrogens is 2. The van der Waals surface area contributed by atoms with Crippen molar-refractivity contribution in [1.82, 2.24) is 9.19 Å². The number of aryl methyl sites for hydroxylation is 1. The van der Waals surface area contributed by atoms with Gasteiger partial charge in [-0.05, 0) is 19.1 Å². The van der Waals surface area contributed by atoms with E-state index in [0.29, 0.717) is 0 Å². The molecule has 0 aliphatic heterocycles. The predicted octanol–water partition coefficient (Wildman–Crippen LogP) is 1.88. The lowest BCUT2D eigenvalue weighted by molar-refractivity contribution is 0.580. The van der Waals surface area contributed by atoms with Crippen LogP contribution in [0, 0.1) is 13.0 Å². The maximum absolute atomic E-state index is 12.0. The molecule has 0 amide bonds. The molecule has 0 atom stereocenters. The van der Waals surface area contributed by atoms with Gasteiger partial charge in [-0.1, -0.05) is 29.3 Å². The van der Waals surface area contributed by atoms with E-state index in [1.165, 1.54) is 18.3 Å². The van der Waals surface area contributed by atoms with Crippen LogP contribution in [0.5, 0.6) is 0 Å². The maximum atomic E-state index is 12.0. The van der Waals surface area contributed by atoms with Crippen LogP contribution in [0.2, 0.25) is 5.15 Å². The Balaban J connectivity index is 2.56. The van der Waals surface area contributed by atoms with Gasteiger partial charge in [-0.25, -0.2) is 0 Å². The van der Waals surface area contributed by atoms with Gasteiger partial charge < -0.3 is 0 Å². The van der Waals surface area contributed by atoms with Gasteiger partial charge in [0.05, 0.1) is 11.1 Å². The van der Waals surface area contributed by atoms with Crippen LogP contribution in [0.4, 0.5) is 0 Å². The topological polar surface area (TPSA) is 52.0 Å². The summed E-state index contributed by atoms with van der Waals surface area (Å²) in [6.45, 7) is 1.88. The van der Waals surface area contributed by atoms with Crippen LogP contribution in [0.1, 0.15) is 5.56 Å². The summed E-state index contributed by atoms with van der Waals surface area (Å²) in [6.07, 6.45) is 1.22. The van der Waals surface area contributed by atoms with E-state index >= 15 is 0 Å². The molecule has 16 heavy (non-hydrogen) atoms. The fraction of sp³-hybridized carbons (Fsp3) is 0.100. The van der Waals surface area contributed by atoms with Gasteiger partial charge in [-0.3, -0.25) is 0 Å². The molecule has 0 saturated carbocycles. The highest BCUT2D eigenvalue weighted by Gasteiger charge is 2.19. The summed E-state index contributed by atoms with van der Waals surface area (Å²) in [5.74, 6) is 0. The molecule has 1 aromatic carbocycles. The van der Waals surface area contributed by atoms with Crippen molar-refractivity contribution in [2.75, 3.05) is 0 Å². The molecule has 83 valence electrons. The largest absolute Gasteiger partial charge is 0.284 e. The lowest BCUT2D eigenvalue weighted by Gasteiger charge is -2.05. The highest BCUT2D eigenvalue weighted by molar-refractivity contribution is 7.90. The third-order valence-electron chi connectivity index (χ3n) is 2.06. The molecular formula is C10H8ClN2O2S. The number of benzene rings is 1. The van der Waals surface area contributed by atoms with E-state index in [9.17, 15) is 8.42 Å². The van der Waals surface area contributed by atoms with Crippen LogP contribution in [0.25, 0.3) is 0 Å². The molecule has 0 spiro atoms. The number of halogens is 1. The fourth-order valence-electron chi connectivity index (χ4n) is 1.22. The Morgan fingerprint density at radius 3 is 2.44 bits per heavy atom. The number of hydrogen-bond acceptors (Lipinski definition) is 3. The molecule has 2 rings (SSSR count). The highest BCUT2D eigenvalue weighted by Crippen LogP contribution is 2.17. The summed E-state index contributed by atoms with van der Waals surface area (Å²) in [7, 11) is -3.70. The second-order valence-corrected chi connectivity index (χ2v) is 5.37. The van der Waals surface area contributed by atoms with E-state index in [-0.39, 0.29) is 10.0 Å². The molecule has 1 radical (unpaired) electrons. The fourth-order valence-corrected chi connectivity index (χ4v) is 2.70.